The molecule has 0 saturated carbocycles. The van der Waals surface area contributed by atoms with Gasteiger partial charge in [-0.3, -0.25) is 14.2 Å². The Bertz CT molecular complexity index is 1350. The Labute approximate surface area is 218 Å². The van der Waals surface area contributed by atoms with Gasteiger partial charge in [0.1, 0.15) is 0 Å². The molecule has 1 aliphatic heterocycles. The normalized spacial score (nSPS) is 14.2. The fourth-order valence-corrected chi connectivity index (χ4v) is 5.29. The van der Waals surface area contributed by atoms with Gasteiger partial charge in [0, 0.05) is 56.6 Å². The van der Waals surface area contributed by atoms with Crippen LogP contribution in [0.25, 0.3) is 0 Å². The van der Waals surface area contributed by atoms with Gasteiger partial charge in [-0.2, -0.15) is 13.2 Å². The Kier molecular flexibility index (Phi) is 7.96. The van der Waals surface area contributed by atoms with E-state index >= 15 is 0 Å². The Morgan fingerprint density at radius 3 is 2.41 bits per heavy atom. The van der Waals surface area contributed by atoms with Crippen molar-refractivity contribution >= 4 is 23.4 Å². The van der Waals surface area contributed by atoms with Crippen LogP contribution in [0.5, 0.6) is 0 Å². The number of benzene rings is 2. The minimum absolute atomic E-state index is 0.0930. The maximum atomic E-state index is 13.1. The molecule has 1 aliphatic rings. The second-order valence-corrected chi connectivity index (χ2v) is 10.1. The zero-order chi connectivity index (χ0) is 26.7. The molecule has 3 aromatic rings. The molecule has 0 spiro atoms. The first-order valence-corrected chi connectivity index (χ1v) is 13.0. The van der Waals surface area contributed by atoms with Crippen LogP contribution in [0.1, 0.15) is 27.9 Å². The molecule has 196 valence electrons. The standard InChI is InChI=1S/C27H29F3N4O2S/c1-18-7-4-5-8-20(18)15-23-19(2)31-26(32(3)25(23)36)37-17-24(35)34-13-11-33(12-14-34)22-10-6-9-21(16-22)27(28,29)30/h4-10,16H,11-15,17H2,1-3H3. The maximum Gasteiger partial charge on any atom is 0.416 e. The van der Waals surface area contributed by atoms with Crippen LogP contribution in [0, 0.1) is 13.8 Å². The number of halogens is 3. The van der Waals surface area contributed by atoms with Crippen LogP contribution in [0.4, 0.5) is 18.9 Å². The Hall–Kier alpha value is -3.27. The van der Waals surface area contributed by atoms with E-state index in [0.29, 0.717) is 54.7 Å². The number of carbonyl (C=O) groups excluding carboxylic acids is 1. The highest BCUT2D eigenvalue weighted by Crippen LogP contribution is 2.32. The Morgan fingerprint density at radius 1 is 1.03 bits per heavy atom. The summed E-state index contributed by atoms with van der Waals surface area (Å²) in [6, 6.07) is 13.2. The largest absolute Gasteiger partial charge is 0.416 e. The third-order valence-corrected chi connectivity index (χ3v) is 7.69. The fraction of sp³-hybridized carbons (Fsp3) is 0.370. The van der Waals surface area contributed by atoms with E-state index in [1.165, 1.54) is 22.4 Å². The molecule has 1 saturated heterocycles. The number of amides is 1. The Morgan fingerprint density at radius 2 is 1.73 bits per heavy atom. The van der Waals surface area contributed by atoms with Gasteiger partial charge in [-0.05, 0) is 43.2 Å². The molecular weight excluding hydrogens is 501 g/mol. The number of carbonyl (C=O) groups is 1. The van der Waals surface area contributed by atoms with Gasteiger partial charge in [-0.1, -0.05) is 42.1 Å². The van der Waals surface area contributed by atoms with Crippen molar-refractivity contribution in [3.05, 3.63) is 86.8 Å². The number of thioether (sulfide) groups is 1. The third kappa shape index (κ3) is 6.18. The predicted octanol–water partition coefficient (Wildman–Crippen LogP) is 4.45. The van der Waals surface area contributed by atoms with E-state index < -0.39 is 11.7 Å². The van der Waals surface area contributed by atoms with Crippen LogP contribution >= 0.6 is 11.8 Å². The van der Waals surface area contributed by atoms with Crippen molar-refractivity contribution in [2.24, 2.45) is 7.05 Å². The van der Waals surface area contributed by atoms with E-state index in [4.69, 9.17) is 0 Å². The van der Waals surface area contributed by atoms with Crippen LogP contribution in [-0.2, 0) is 24.4 Å². The quantitative estimate of drug-likeness (QED) is 0.348. The van der Waals surface area contributed by atoms with Crippen molar-refractivity contribution in [1.29, 1.82) is 0 Å². The van der Waals surface area contributed by atoms with Crippen LogP contribution in [-0.4, -0.2) is 52.3 Å². The summed E-state index contributed by atoms with van der Waals surface area (Å²) in [4.78, 5) is 34.1. The van der Waals surface area contributed by atoms with E-state index in [2.05, 4.69) is 4.98 Å². The van der Waals surface area contributed by atoms with Crippen molar-refractivity contribution in [2.75, 3.05) is 36.8 Å². The third-order valence-electron chi connectivity index (χ3n) is 6.67. The van der Waals surface area contributed by atoms with Gasteiger partial charge in [-0.15, -0.1) is 0 Å². The molecular formula is C27H29F3N4O2S. The molecule has 10 heteroatoms. The summed E-state index contributed by atoms with van der Waals surface area (Å²) in [7, 11) is 1.66. The van der Waals surface area contributed by atoms with Crippen molar-refractivity contribution < 1.29 is 18.0 Å². The van der Waals surface area contributed by atoms with Gasteiger partial charge in [0.15, 0.2) is 5.16 Å². The molecule has 6 nitrogen and oxygen atoms in total. The minimum atomic E-state index is -4.39. The summed E-state index contributed by atoms with van der Waals surface area (Å²) in [6.45, 7) is 5.54. The number of aromatic nitrogens is 2. The molecule has 1 fully saturated rings. The lowest BCUT2D eigenvalue weighted by Gasteiger charge is -2.36. The molecule has 0 radical (unpaired) electrons. The molecule has 0 N–H and O–H groups in total. The van der Waals surface area contributed by atoms with E-state index in [0.717, 1.165) is 23.3 Å². The smallest absolute Gasteiger partial charge is 0.368 e. The maximum absolute atomic E-state index is 13.1. The number of nitrogens with zero attached hydrogens (tertiary/aromatic N) is 4. The zero-order valence-electron chi connectivity index (χ0n) is 21.0. The number of rotatable bonds is 6. The first kappa shape index (κ1) is 26.8. The summed E-state index contributed by atoms with van der Waals surface area (Å²) in [5.74, 6) is 0.0324. The SMILES string of the molecule is Cc1ccccc1Cc1c(C)nc(SCC(=O)N2CCN(c3cccc(C(F)(F)F)c3)CC2)n(C)c1=O. The highest BCUT2D eigenvalue weighted by Gasteiger charge is 2.31. The zero-order valence-corrected chi connectivity index (χ0v) is 21.8. The average Bonchev–Trinajstić information content (AvgIpc) is 2.88. The molecule has 1 amide bonds. The van der Waals surface area contributed by atoms with Crippen LogP contribution in [0.15, 0.2) is 58.5 Å². The summed E-state index contributed by atoms with van der Waals surface area (Å²) in [5.41, 5.74) is 3.16. The topological polar surface area (TPSA) is 58.4 Å². The first-order valence-electron chi connectivity index (χ1n) is 12.0. The monoisotopic (exact) mass is 530 g/mol. The van der Waals surface area contributed by atoms with Crippen LogP contribution in [0.3, 0.4) is 0 Å². The molecule has 0 bridgehead atoms. The van der Waals surface area contributed by atoms with Gasteiger partial charge < -0.3 is 9.80 Å². The van der Waals surface area contributed by atoms with Crippen molar-refractivity contribution in [1.82, 2.24) is 14.5 Å². The molecule has 37 heavy (non-hydrogen) atoms. The minimum Gasteiger partial charge on any atom is -0.368 e. The molecule has 4 rings (SSSR count). The lowest BCUT2D eigenvalue weighted by molar-refractivity contribution is -0.137. The van der Waals surface area contributed by atoms with Crippen molar-refractivity contribution in [2.45, 2.75) is 31.6 Å². The second-order valence-electron chi connectivity index (χ2n) is 9.13. The second kappa shape index (κ2) is 11.0. The molecule has 0 aliphatic carbocycles. The highest BCUT2D eigenvalue weighted by atomic mass is 32.2. The number of piperazine rings is 1. The first-order chi connectivity index (χ1) is 17.5. The van der Waals surface area contributed by atoms with Gasteiger partial charge in [-0.25, -0.2) is 4.98 Å². The van der Waals surface area contributed by atoms with Crippen LogP contribution < -0.4 is 10.5 Å². The van der Waals surface area contributed by atoms with Gasteiger partial charge >= 0.3 is 6.18 Å². The summed E-state index contributed by atoms with van der Waals surface area (Å²) in [5, 5.41) is 0.479. The fourth-order valence-electron chi connectivity index (χ4n) is 4.37. The molecule has 2 heterocycles. The molecule has 2 aromatic carbocycles. The Balaban J connectivity index is 1.36. The summed E-state index contributed by atoms with van der Waals surface area (Å²) < 4.78 is 40.6. The predicted molar refractivity (Wildman–Crippen MR) is 139 cm³/mol. The number of anilines is 1. The summed E-state index contributed by atoms with van der Waals surface area (Å²) in [6.07, 6.45) is -3.89. The molecule has 0 atom stereocenters. The summed E-state index contributed by atoms with van der Waals surface area (Å²) >= 11 is 1.22. The number of hydrogen-bond acceptors (Lipinski definition) is 5. The van der Waals surface area contributed by atoms with Gasteiger partial charge in [0.05, 0.1) is 11.3 Å². The number of alkyl halides is 3. The van der Waals surface area contributed by atoms with Gasteiger partial charge in [0.25, 0.3) is 5.56 Å². The number of hydrogen-bond donors (Lipinski definition) is 0. The van der Waals surface area contributed by atoms with Crippen LogP contribution in [0.2, 0.25) is 0 Å². The molecule has 1 aromatic heterocycles. The van der Waals surface area contributed by atoms with E-state index in [1.807, 2.05) is 43.0 Å². The van der Waals surface area contributed by atoms with E-state index in [-0.39, 0.29) is 17.2 Å². The van der Waals surface area contributed by atoms with E-state index in [1.54, 1.807) is 18.0 Å². The average molecular weight is 531 g/mol. The lowest BCUT2D eigenvalue weighted by Crippen LogP contribution is -2.49. The highest BCUT2D eigenvalue weighted by molar-refractivity contribution is 7.99. The van der Waals surface area contributed by atoms with E-state index in [9.17, 15) is 22.8 Å². The lowest BCUT2D eigenvalue weighted by atomic mass is 10.0. The molecule has 0 unspecified atom stereocenters. The van der Waals surface area contributed by atoms with Gasteiger partial charge in [0.2, 0.25) is 5.91 Å². The number of aryl methyl sites for hydroxylation is 2. The van der Waals surface area contributed by atoms with Crippen molar-refractivity contribution in [3.8, 4) is 0 Å². The van der Waals surface area contributed by atoms with Crippen molar-refractivity contribution in [3.63, 3.8) is 0 Å².